The molecular weight excluding hydrogens is 306 g/mol. The third-order valence-electron chi connectivity index (χ3n) is 3.06. The van der Waals surface area contributed by atoms with E-state index in [1.807, 2.05) is 0 Å². The number of aromatic amines is 1. The number of H-pyrrole nitrogens is 1. The maximum absolute atomic E-state index is 12.3. The van der Waals surface area contributed by atoms with Crippen LogP contribution < -0.4 is 0 Å². The maximum Gasteiger partial charge on any atom is 0.260 e. The number of alkyl halides is 1. The van der Waals surface area contributed by atoms with Gasteiger partial charge in [-0.15, -0.1) is 0 Å². The van der Waals surface area contributed by atoms with Gasteiger partial charge in [0.05, 0.1) is 6.20 Å². The van der Waals surface area contributed by atoms with Crippen LogP contribution in [0.1, 0.15) is 25.7 Å². The van der Waals surface area contributed by atoms with Gasteiger partial charge >= 0.3 is 0 Å². The van der Waals surface area contributed by atoms with E-state index in [1.54, 1.807) is 4.31 Å². The molecule has 0 radical (unpaired) electrons. The Bertz CT molecular complexity index is 446. The van der Waals surface area contributed by atoms with Crippen LogP contribution in [-0.2, 0) is 10.0 Å². The highest BCUT2D eigenvalue weighted by molar-refractivity contribution is 9.09. The summed E-state index contributed by atoms with van der Waals surface area (Å²) in [5, 5.41) is 7.37. The molecule has 1 N–H and O–H groups in total. The van der Waals surface area contributed by atoms with Crippen molar-refractivity contribution in [1.29, 1.82) is 0 Å². The number of rotatable bonds is 5. The molecule has 1 aliphatic rings. The van der Waals surface area contributed by atoms with Gasteiger partial charge in [0, 0.05) is 17.9 Å². The van der Waals surface area contributed by atoms with Crippen LogP contribution in [0.5, 0.6) is 0 Å². The minimum atomic E-state index is -3.37. The molecule has 1 atom stereocenters. The summed E-state index contributed by atoms with van der Waals surface area (Å²) >= 11 is 3.38. The van der Waals surface area contributed by atoms with Crippen LogP contribution in [0.3, 0.4) is 0 Å². The Balaban J connectivity index is 2.15. The second-order valence-electron chi connectivity index (χ2n) is 4.16. The van der Waals surface area contributed by atoms with E-state index in [1.165, 1.54) is 12.3 Å². The predicted octanol–water partition coefficient (Wildman–Crippen LogP) is 1.74. The van der Waals surface area contributed by atoms with Crippen LogP contribution in [0, 0.1) is 0 Å². The number of nitrogens with one attached hydrogen (secondary N) is 1. The van der Waals surface area contributed by atoms with E-state index in [2.05, 4.69) is 26.1 Å². The van der Waals surface area contributed by atoms with Crippen molar-refractivity contribution in [1.82, 2.24) is 14.5 Å². The highest BCUT2D eigenvalue weighted by Crippen LogP contribution is 2.27. The summed E-state index contributed by atoms with van der Waals surface area (Å²) in [7, 11) is -3.37. The van der Waals surface area contributed by atoms with Crippen LogP contribution in [0.2, 0.25) is 0 Å². The molecule has 2 heterocycles. The van der Waals surface area contributed by atoms with Crippen molar-refractivity contribution in [3.05, 3.63) is 12.3 Å². The van der Waals surface area contributed by atoms with Crippen LogP contribution >= 0.6 is 15.9 Å². The fourth-order valence-corrected chi connectivity index (χ4v) is 4.19. The maximum atomic E-state index is 12.3. The molecule has 1 unspecified atom stereocenters. The molecule has 5 nitrogen and oxygen atoms in total. The Kier molecular flexibility index (Phi) is 4.22. The molecule has 2 rings (SSSR count). The van der Waals surface area contributed by atoms with Crippen molar-refractivity contribution in [2.45, 2.75) is 36.8 Å². The van der Waals surface area contributed by atoms with Crippen molar-refractivity contribution in [2.75, 3.05) is 11.9 Å². The summed E-state index contributed by atoms with van der Waals surface area (Å²) < 4.78 is 26.2. The minimum absolute atomic E-state index is 0.140. The van der Waals surface area contributed by atoms with Crippen molar-refractivity contribution in [2.24, 2.45) is 0 Å². The zero-order valence-electron chi connectivity index (χ0n) is 9.47. The second-order valence-corrected chi connectivity index (χ2v) is 6.82. The summed E-state index contributed by atoms with van der Waals surface area (Å²) in [4.78, 5) is 0. The molecule has 1 aromatic rings. The number of nitrogens with zero attached hydrogens (tertiary/aromatic N) is 2. The quantitative estimate of drug-likeness (QED) is 0.840. The Morgan fingerprint density at radius 3 is 3.06 bits per heavy atom. The summed E-state index contributed by atoms with van der Waals surface area (Å²) in [5.41, 5.74) is 0. The first-order chi connectivity index (χ1) is 8.16. The normalized spacial score (nSPS) is 22.1. The van der Waals surface area contributed by atoms with Crippen molar-refractivity contribution < 1.29 is 8.42 Å². The number of hydrogen-bond donors (Lipinski definition) is 1. The van der Waals surface area contributed by atoms with E-state index in [9.17, 15) is 8.42 Å². The van der Waals surface area contributed by atoms with E-state index < -0.39 is 10.0 Å². The summed E-state index contributed by atoms with van der Waals surface area (Å²) in [5.74, 6) is 0. The van der Waals surface area contributed by atoms with Gasteiger partial charge in [0.25, 0.3) is 10.0 Å². The number of aromatic nitrogens is 2. The third-order valence-corrected chi connectivity index (χ3v) is 5.50. The number of sulfonamides is 1. The van der Waals surface area contributed by atoms with Gasteiger partial charge in [-0.05, 0) is 31.7 Å². The van der Waals surface area contributed by atoms with E-state index in [-0.39, 0.29) is 11.1 Å². The van der Waals surface area contributed by atoms with Gasteiger partial charge in [0.2, 0.25) is 0 Å². The lowest BCUT2D eigenvalue weighted by atomic mass is 10.1. The average Bonchev–Trinajstić information content (AvgIpc) is 2.97. The van der Waals surface area contributed by atoms with Gasteiger partial charge < -0.3 is 0 Å². The topological polar surface area (TPSA) is 66.1 Å². The van der Waals surface area contributed by atoms with Crippen molar-refractivity contribution >= 4 is 26.0 Å². The Labute approximate surface area is 110 Å². The van der Waals surface area contributed by atoms with Crippen LogP contribution in [0.15, 0.2) is 17.3 Å². The summed E-state index contributed by atoms with van der Waals surface area (Å²) in [6.45, 7) is 0.619. The fourth-order valence-electron chi connectivity index (χ4n) is 2.24. The van der Waals surface area contributed by atoms with E-state index in [0.717, 1.165) is 31.0 Å². The zero-order valence-corrected chi connectivity index (χ0v) is 11.9. The second kappa shape index (κ2) is 5.49. The first-order valence-electron chi connectivity index (χ1n) is 5.73. The number of halogens is 1. The average molecular weight is 322 g/mol. The van der Waals surface area contributed by atoms with Crippen LogP contribution in [0.25, 0.3) is 0 Å². The van der Waals surface area contributed by atoms with Gasteiger partial charge in [0.1, 0.15) is 0 Å². The van der Waals surface area contributed by atoms with Gasteiger partial charge in [-0.25, -0.2) is 8.42 Å². The standard InChI is InChI=1S/C10H16BrN3O2S/c11-6-1-3-9-4-2-8-14(9)17(15,16)10-5-7-12-13-10/h5,7,9H,1-4,6,8H2,(H,12,13). The number of hydrogen-bond acceptors (Lipinski definition) is 3. The highest BCUT2D eigenvalue weighted by atomic mass is 79.9. The Morgan fingerprint density at radius 2 is 2.41 bits per heavy atom. The Morgan fingerprint density at radius 1 is 1.59 bits per heavy atom. The zero-order chi connectivity index (χ0) is 12.3. The molecule has 1 aliphatic heterocycles. The molecule has 1 fully saturated rings. The van der Waals surface area contributed by atoms with Crippen molar-refractivity contribution in [3.8, 4) is 0 Å². The van der Waals surface area contributed by atoms with Crippen LogP contribution in [-0.4, -0.2) is 40.8 Å². The lowest BCUT2D eigenvalue weighted by Gasteiger charge is -2.22. The third kappa shape index (κ3) is 2.71. The molecule has 0 aromatic carbocycles. The SMILES string of the molecule is O=S(=O)(c1ccn[nH]1)N1CCCC1CCCBr. The molecule has 0 amide bonds. The Hall–Kier alpha value is -0.400. The molecular formula is C10H16BrN3O2S. The van der Waals surface area contributed by atoms with Gasteiger partial charge in [-0.3, -0.25) is 5.10 Å². The molecule has 0 aliphatic carbocycles. The molecule has 17 heavy (non-hydrogen) atoms. The van der Waals surface area contributed by atoms with Gasteiger partial charge in [-0.1, -0.05) is 15.9 Å². The lowest BCUT2D eigenvalue weighted by Crippen LogP contribution is -2.35. The molecule has 0 spiro atoms. The monoisotopic (exact) mass is 321 g/mol. The summed E-state index contributed by atoms with van der Waals surface area (Å²) in [6, 6.07) is 1.65. The first-order valence-corrected chi connectivity index (χ1v) is 8.29. The van der Waals surface area contributed by atoms with Gasteiger partial charge in [0.15, 0.2) is 5.03 Å². The molecule has 0 bridgehead atoms. The summed E-state index contributed by atoms with van der Waals surface area (Å²) in [6.07, 6.45) is 5.29. The first kappa shape index (κ1) is 13.0. The largest absolute Gasteiger partial charge is 0.266 e. The minimum Gasteiger partial charge on any atom is -0.266 e. The lowest BCUT2D eigenvalue weighted by molar-refractivity contribution is 0.367. The van der Waals surface area contributed by atoms with E-state index in [0.29, 0.717) is 6.54 Å². The predicted molar refractivity (Wildman–Crippen MR) is 68.5 cm³/mol. The molecule has 1 aromatic heterocycles. The molecule has 0 saturated carbocycles. The highest BCUT2D eigenvalue weighted by Gasteiger charge is 2.35. The van der Waals surface area contributed by atoms with Crippen LogP contribution in [0.4, 0.5) is 0 Å². The molecule has 96 valence electrons. The van der Waals surface area contributed by atoms with Crippen molar-refractivity contribution in [3.63, 3.8) is 0 Å². The van der Waals surface area contributed by atoms with E-state index >= 15 is 0 Å². The smallest absolute Gasteiger partial charge is 0.260 e. The molecule has 1 saturated heterocycles. The van der Waals surface area contributed by atoms with E-state index in [4.69, 9.17) is 0 Å². The fraction of sp³-hybridized carbons (Fsp3) is 0.700. The molecule has 7 heteroatoms. The van der Waals surface area contributed by atoms with Gasteiger partial charge in [-0.2, -0.15) is 9.40 Å².